The SMILES string of the molecule is C=CCn1c(C)c(C(=O)Nc2ccc([N+](=O)[O-])cc2)c(C)c1C(=O)OCC. The van der Waals surface area contributed by atoms with Crippen LogP contribution in [-0.4, -0.2) is 28.0 Å². The molecule has 8 heteroatoms. The minimum atomic E-state index is -0.513. The molecule has 1 amide bonds. The second kappa shape index (κ2) is 8.31. The molecule has 0 aliphatic rings. The lowest BCUT2D eigenvalue weighted by atomic mass is 10.1. The summed E-state index contributed by atoms with van der Waals surface area (Å²) < 4.78 is 6.79. The van der Waals surface area contributed by atoms with E-state index < -0.39 is 16.8 Å². The second-order valence-electron chi connectivity index (χ2n) is 5.81. The van der Waals surface area contributed by atoms with Crippen molar-refractivity contribution in [1.82, 2.24) is 4.57 Å². The smallest absolute Gasteiger partial charge is 0.355 e. The number of non-ortho nitro benzene ring substituents is 1. The van der Waals surface area contributed by atoms with Crippen LogP contribution >= 0.6 is 0 Å². The Morgan fingerprint density at radius 3 is 2.44 bits per heavy atom. The van der Waals surface area contributed by atoms with Crippen LogP contribution < -0.4 is 5.32 Å². The molecule has 1 N–H and O–H groups in total. The summed E-state index contributed by atoms with van der Waals surface area (Å²) in [7, 11) is 0. The minimum absolute atomic E-state index is 0.0675. The largest absolute Gasteiger partial charge is 0.461 e. The highest BCUT2D eigenvalue weighted by Crippen LogP contribution is 2.25. The second-order valence-corrected chi connectivity index (χ2v) is 5.81. The number of nitrogens with one attached hydrogen (secondary N) is 1. The van der Waals surface area contributed by atoms with Gasteiger partial charge in [0.15, 0.2) is 0 Å². The van der Waals surface area contributed by atoms with Crippen molar-refractivity contribution in [3.05, 3.63) is 69.5 Å². The Kier molecular flexibility index (Phi) is 6.12. The third-order valence-electron chi connectivity index (χ3n) is 4.11. The van der Waals surface area contributed by atoms with Crippen LogP contribution in [0.4, 0.5) is 11.4 Å². The molecule has 2 rings (SSSR count). The summed E-state index contributed by atoms with van der Waals surface area (Å²) >= 11 is 0. The summed E-state index contributed by atoms with van der Waals surface area (Å²) in [6, 6.07) is 5.52. The van der Waals surface area contributed by atoms with Gasteiger partial charge < -0.3 is 14.6 Å². The number of nitro groups is 1. The van der Waals surface area contributed by atoms with E-state index >= 15 is 0 Å². The molecular formula is C19H21N3O5. The first-order valence-corrected chi connectivity index (χ1v) is 8.35. The fraction of sp³-hybridized carbons (Fsp3) is 0.263. The van der Waals surface area contributed by atoms with E-state index in [1.165, 1.54) is 24.3 Å². The zero-order chi connectivity index (χ0) is 20.1. The van der Waals surface area contributed by atoms with Crippen LogP contribution in [0, 0.1) is 24.0 Å². The number of ether oxygens (including phenoxy) is 1. The maximum Gasteiger partial charge on any atom is 0.355 e. The van der Waals surface area contributed by atoms with Gasteiger partial charge >= 0.3 is 5.97 Å². The first-order chi connectivity index (χ1) is 12.8. The van der Waals surface area contributed by atoms with E-state index in [1.807, 2.05) is 0 Å². The Hall–Kier alpha value is -3.42. The molecule has 0 atom stereocenters. The topological polar surface area (TPSA) is 103 Å². The van der Waals surface area contributed by atoms with E-state index in [4.69, 9.17) is 4.74 Å². The Morgan fingerprint density at radius 1 is 1.30 bits per heavy atom. The molecule has 0 saturated carbocycles. The average molecular weight is 371 g/mol. The van der Waals surface area contributed by atoms with Crippen LogP contribution in [0.1, 0.15) is 39.0 Å². The van der Waals surface area contributed by atoms with Gasteiger partial charge in [0.05, 0.1) is 17.1 Å². The van der Waals surface area contributed by atoms with Gasteiger partial charge in [0, 0.05) is 30.1 Å². The van der Waals surface area contributed by atoms with E-state index in [0.29, 0.717) is 34.7 Å². The predicted octanol–water partition coefficient (Wildman–Crippen LogP) is 3.63. The van der Waals surface area contributed by atoms with E-state index in [2.05, 4.69) is 11.9 Å². The molecule has 0 unspecified atom stereocenters. The number of carbonyl (C=O) groups excluding carboxylic acids is 2. The van der Waals surface area contributed by atoms with Gasteiger partial charge in [-0.15, -0.1) is 6.58 Å². The van der Waals surface area contributed by atoms with Gasteiger partial charge in [-0.1, -0.05) is 6.08 Å². The van der Waals surface area contributed by atoms with Crippen LogP contribution in [0.25, 0.3) is 0 Å². The summed E-state index contributed by atoms with van der Waals surface area (Å²) in [5.41, 5.74) is 2.13. The maximum absolute atomic E-state index is 12.8. The fourth-order valence-electron chi connectivity index (χ4n) is 2.91. The number of esters is 1. The number of amides is 1. The lowest BCUT2D eigenvalue weighted by molar-refractivity contribution is -0.384. The van der Waals surface area contributed by atoms with Gasteiger partial charge in [-0.3, -0.25) is 14.9 Å². The summed E-state index contributed by atoms with van der Waals surface area (Å²) in [6.07, 6.45) is 1.63. The summed E-state index contributed by atoms with van der Waals surface area (Å²) in [4.78, 5) is 35.3. The van der Waals surface area contributed by atoms with Crippen molar-refractivity contribution in [3.63, 3.8) is 0 Å². The number of anilines is 1. The number of hydrogen-bond acceptors (Lipinski definition) is 5. The van der Waals surface area contributed by atoms with E-state index in [1.54, 1.807) is 31.4 Å². The Morgan fingerprint density at radius 2 is 1.93 bits per heavy atom. The predicted molar refractivity (Wildman–Crippen MR) is 101 cm³/mol. The third kappa shape index (κ3) is 4.05. The zero-order valence-electron chi connectivity index (χ0n) is 15.4. The van der Waals surface area contributed by atoms with Crippen LogP contribution in [0.2, 0.25) is 0 Å². The lowest BCUT2D eigenvalue weighted by Crippen LogP contribution is -2.14. The molecule has 0 spiro atoms. The van der Waals surface area contributed by atoms with Gasteiger partial charge in [0.1, 0.15) is 5.69 Å². The molecule has 0 aliphatic carbocycles. The molecule has 1 aromatic carbocycles. The first-order valence-electron chi connectivity index (χ1n) is 8.35. The lowest BCUT2D eigenvalue weighted by Gasteiger charge is -2.09. The number of aromatic nitrogens is 1. The molecule has 2 aromatic rings. The number of nitrogens with zero attached hydrogens (tertiary/aromatic N) is 2. The van der Waals surface area contributed by atoms with Crippen LogP contribution in [0.5, 0.6) is 0 Å². The summed E-state index contributed by atoms with van der Waals surface area (Å²) in [5.74, 6) is -0.915. The van der Waals surface area contributed by atoms with Gasteiger partial charge in [0.25, 0.3) is 11.6 Å². The van der Waals surface area contributed by atoms with Crippen LogP contribution in [0.3, 0.4) is 0 Å². The molecule has 27 heavy (non-hydrogen) atoms. The van der Waals surface area contributed by atoms with Crippen molar-refractivity contribution in [1.29, 1.82) is 0 Å². The maximum atomic E-state index is 12.8. The van der Waals surface area contributed by atoms with Crippen molar-refractivity contribution in [3.8, 4) is 0 Å². The molecular weight excluding hydrogens is 350 g/mol. The molecule has 8 nitrogen and oxygen atoms in total. The van der Waals surface area contributed by atoms with Gasteiger partial charge in [-0.2, -0.15) is 0 Å². The monoisotopic (exact) mass is 371 g/mol. The number of carbonyl (C=O) groups is 2. The van der Waals surface area contributed by atoms with Crippen LogP contribution in [-0.2, 0) is 11.3 Å². The van der Waals surface area contributed by atoms with Crippen molar-refractivity contribution in [2.45, 2.75) is 27.3 Å². The van der Waals surface area contributed by atoms with E-state index in [0.717, 1.165) is 0 Å². The van der Waals surface area contributed by atoms with Crippen molar-refractivity contribution >= 4 is 23.3 Å². The summed E-state index contributed by atoms with van der Waals surface area (Å²) in [5, 5.41) is 13.4. The number of hydrogen-bond donors (Lipinski definition) is 1. The van der Waals surface area contributed by atoms with Crippen molar-refractivity contribution in [2.75, 3.05) is 11.9 Å². The zero-order valence-corrected chi connectivity index (χ0v) is 15.4. The minimum Gasteiger partial charge on any atom is -0.461 e. The Balaban J connectivity index is 2.40. The molecule has 1 heterocycles. The van der Waals surface area contributed by atoms with Crippen molar-refractivity contribution < 1.29 is 19.2 Å². The summed E-state index contributed by atoms with van der Waals surface area (Å²) in [6.45, 7) is 9.40. The number of allylic oxidation sites excluding steroid dienone is 1. The van der Waals surface area contributed by atoms with Gasteiger partial charge in [-0.05, 0) is 38.5 Å². The van der Waals surface area contributed by atoms with Gasteiger partial charge in [0.2, 0.25) is 0 Å². The van der Waals surface area contributed by atoms with E-state index in [9.17, 15) is 19.7 Å². The quantitative estimate of drug-likeness (QED) is 0.346. The molecule has 0 bridgehead atoms. The molecule has 0 saturated heterocycles. The highest BCUT2D eigenvalue weighted by molar-refractivity contribution is 6.08. The third-order valence-corrected chi connectivity index (χ3v) is 4.11. The highest BCUT2D eigenvalue weighted by Gasteiger charge is 2.26. The van der Waals surface area contributed by atoms with Crippen molar-refractivity contribution in [2.24, 2.45) is 0 Å². The number of rotatable bonds is 7. The van der Waals surface area contributed by atoms with Crippen LogP contribution in [0.15, 0.2) is 36.9 Å². The number of nitro benzene ring substituents is 1. The molecule has 142 valence electrons. The standard InChI is InChI=1S/C19H21N3O5/c1-5-11-21-13(4)16(12(3)17(21)19(24)27-6-2)18(23)20-14-7-9-15(10-8-14)22(25)26/h5,7-10H,1,6,11H2,2-4H3,(H,20,23). The average Bonchev–Trinajstić information content (AvgIpc) is 2.86. The molecule has 0 fully saturated rings. The fourth-order valence-corrected chi connectivity index (χ4v) is 2.91. The number of benzene rings is 1. The Bertz CT molecular complexity index is 897. The molecule has 1 aromatic heterocycles. The normalized spacial score (nSPS) is 10.3. The first kappa shape index (κ1) is 19.9. The molecule has 0 radical (unpaired) electrons. The Labute approximate surface area is 156 Å². The van der Waals surface area contributed by atoms with E-state index in [-0.39, 0.29) is 12.3 Å². The van der Waals surface area contributed by atoms with Gasteiger partial charge in [-0.25, -0.2) is 4.79 Å². The highest BCUT2D eigenvalue weighted by atomic mass is 16.6. The molecule has 0 aliphatic heterocycles.